The predicted octanol–water partition coefficient (Wildman–Crippen LogP) is 7.22. The first-order valence-corrected chi connectivity index (χ1v) is 14.6. The second-order valence-electron chi connectivity index (χ2n) is 10.0. The highest BCUT2D eigenvalue weighted by Gasteiger charge is 2.21. The Labute approximate surface area is 234 Å². The number of nitrogens with zero attached hydrogens (tertiary/aromatic N) is 3. The van der Waals surface area contributed by atoms with Gasteiger partial charge in [0.15, 0.2) is 0 Å². The lowest BCUT2D eigenvalue weighted by molar-refractivity contribution is 0.0953. The van der Waals surface area contributed by atoms with Crippen LogP contribution in [0.15, 0.2) is 65.7 Å². The molecule has 0 radical (unpaired) electrons. The van der Waals surface area contributed by atoms with E-state index in [1.54, 1.807) is 18.4 Å². The van der Waals surface area contributed by atoms with Gasteiger partial charge < -0.3 is 14.6 Å². The Kier molecular flexibility index (Phi) is 8.57. The summed E-state index contributed by atoms with van der Waals surface area (Å²) in [7, 11) is 1.67. The Hall–Kier alpha value is -3.71. The number of aromatic nitrogens is 3. The molecule has 39 heavy (non-hydrogen) atoms. The molecular formula is C32H36N4O2S. The summed E-state index contributed by atoms with van der Waals surface area (Å²) >= 11 is 1.61. The zero-order valence-corrected chi connectivity index (χ0v) is 23.8. The van der Waals surface area contributed by atoms with Crippen molar-refractivity contribution in [2.24, 2.45) is 0 Å². The van der Waals surface area contributed by atoms with E-state index in [1.165, 1.54) is 18.4 Å². The molecule has 5 rings (SSSR count). The molecule has 0 spiro atoms. The molecule has 1 amide bonds. The average Bonchev–Trinajstić information content (AvgIpc) is 3.59. The zero-order valence-electron chi connectivity index (χ0n) is 23.0. The summed E-state index contributed by atoms with van der Waals surface area (Å²) in [5, 5.41) is 6.20. The Balaban J connectivity index is 1.44. The smallest absolute Gasteiger partial charge is 0.253 e. The van der Waals surface area contributed by atoms with Gasteiger partial charge in [0.05, 0.1) is 24.1 Å². The molecule has 1 aliphatic carbocycles. The standard InChI is InChI=1S/C32H36N4O2S/c1-4-26-18-25(15-17-33-26)32-35-29(21-39-32)30-19-28(31(37)34-16-14-23-8-6-5-7-9-23)22(2)36(30)20-24-10-12-27(38-3)13-11-24/h8,10-13,15,17-19,21H,4-7,9,14,16,20H2,1-3H3,(H,34,37). The van der Waals surface area contributed by atoms with Gasteiger partial charge in [-0.1, -0.05) is 30.7 Å². The van der Waals surface area contributed by atoms with E-state index in [4.69, 9.17) is 9.72 Å². The molecule has 3 heterocycles. The molecule has 1 aromatic carbocycles. The van der Waals surface area contributed by atoms with Crippen molar-refractivity contribution in [3.05, 3.63) is 88.2 Å². The van der Waals surface area contributed by atoms with Crippen LogP contribution in [0.5, 0.6) is 5.75 Å². The first kappa shape index (κ1) is 26.9. The summed E-state index contributed by atoms with van der Waals surface area (Å²) in [4.78, 5) is 22.8. The minimum absolute atomic E-state index is 0.0317. The lowest BCUT2D eigenvalue weighted by atomic mass is 9.97. The van der Waals surface area contributed by atoms with Gasteiger partial charge in [-0.15, -0.1) is 11.3 Å². The SMILES string of the molecule is CCc1cc(-c2nc(-c3cc(C(=O)NCCC4=CCCCC4)c(C)n3Cc3ccc(OC)cc3)cs2)ccn1. The van der Waals surface area contributed by atoms with Crippen LogP contribution in [0.25, 0.3) is 22.0 Å². The number of thiazole rings is 1. The highest BCUT2D eigenvalue weighted by atomic mass is 32.1. The van der Waals surface area contributed by atoms with Gasteiger partial charge in [-0.3, -0.25) is 9.78 Å². The van der Waals surface area contributed by atoms with E-state index < -0.39 is 0 Å². The van der Waals surface area contributed by atoms with Gasteiger partial charge in [-0.25, -0.2) is 4.98 Å². The molecule has 1 N–H and O–H groups in total. The van der Waals surface area contributed by atoms with Crippen LogP contribution in [0.4, 0.5) is 0 Å². The number of nitrogens with one attached hydrogen (secondary N) is 1. The van der Waals surface area contributed by atoms with E-state index in [0.29, 0.717) is 18.7 Å². The summed E-state index contributed by atoms with van der Waals surface area (Å²) in [6, 6.07) is 14.2. The molecule has 0 unspecified atom stereocenters. The van der Waals surface area contributed by atoms with Crippen molar-refractivity contribution in [3.8, 4) is 27.7 Å². The van der Waals surface area contributed by atoms with Crippen LogP contribution in [-0.2, 0) is 13.0 Å². The number of aryl methyl sites for hydroxylation is 1. The normalized spacial score (nSPS) is 13.3. The first-order chi connectivity index (χ1) is 19.1. The highest BCUT2D eigenvalue weighted by Crippen LogP contribution is 2.32. The summed E-state index contributed by atoms with van der Waals surface area (Å²) < 4.78 is 7.54. The number of methoxy groups -OCH3 is 1. The summed E-state index contributed by atoms with van der Waals surface area (Å²) in [6.07, 6.45) is 10.8. The average molecular weight is 541 g/mol. The van der Waals surface area contributed by atoms with E-state index in [2.05, 4.69) is 51.4 Å². The van der Waals surface area contributed by atoms with E-state index in [-0.39, 0.29) is 5.91 Å². The number of carbonyl (C=O) groups excluding carboxylic acids is 1. The summed E-state index contributed by atoms with van der Waals surface area (Å²) in [5.74, 6) is 0.792. The second-order valence-corrected chi connectivity index (χ2v) is 10.9. The largest absolute Gasteiger partial charge is 0.497 e. The fourth-order valence-corrected chi connectivity index (χ4v) is 5.91. The molecule has 1 aliphatic rings. The topological polar surface area (TPSA) is 69.0 Å². The number of rotatable bonds is 10. The number of pyridine rings is 1. The second kappa shape index (κ2) is 12.4. The van der Waals surface area contributed by atoms with Crippen molar-refractivity contribution < 1.29 is 9.53 Å². The Morgan fingerprint density at radius 3 is 2.74 bits per heavy atom. The maximum absolute atomic E-state index is 13.4. The van der Waals surface area contributed by atoms with Gasteiger partial charge in [0.2, 0.25) is 0 Å². The minimum atomic E-state index is -0.0317. The number of benzene rings is 1. The van der Waals surface area contributed by atoms with Gasteiger partial charge in [0.1, 0.15) is 10.8 Å². The zero-order chi connectivity index (χ0) is 27.2. The molecule has 4 aromatic rings. The lowest BCUT2D eigenvalue weighted by Crippen LogP contribution is -2.25. The maximum Gasteiger partial charge on any atom is 0.253 e. The molecule has 0 bridgehead atoms. The molecule has 0 saturated heterocycles. The van der Waals surface area contributed by atoms with Gasteiger partial charge in [0.25, 0.3) is 5.91 Å². The quantitative estimate of drug-likeness (QED) is 0.216. The third-order valence-electron chi connectivity index (χ3n) is 7.42. The van der Waals surface area contributed by atoms with Gasteiger partial charge in [0, 0.05) is 41.6 Å². The number of hydrogen-bond donors (Lipinski definition) is 1. The fourth-order valence-electron chi connectivity index (χ4n) is 5.10. The van der Waals surface area contributed by atoms with E-state index in [0.717, 1.165) is 70.3 Å². The van der Waals surface area contributed by atoms with Crippen LogP contribution in [0.3, 0.4) is 0 Å². The van der Waals surface area contributed by atoms with Gasteiger partial charge >= 0.3 is 0 Å². The molecule has 0 atom stereocenters. The fraction of sp³-hybridized carbons (Fsp3) is 0.344. The van der Waals surface area contributed by atoms with Crippen molar-refractivity contribution in [2.45, 2.75) is 58.9 Å². The van der Waals surface area contributed by atoms with Crippen molar-refractivity contribution in [1.82, 2.24) is 19.9 Å². The number of hydrogen-bond acceptors (Lipinski definition) is 5. The maximum atomic E-state index is 13.4. The monoisotopic (exact) mass is 540 g/mol. The summed E-state index contributed by atoms with van der Waals surface area (Å²) in [5.41, 5.74) is 8.15. The third kappa shape index (κ3) is 6.31. The predicted molar refractivity (Wildman–Crippen MR) is 158 cm³/mol. The molecule has 7 heteroatoms. The first-order valence-electron chi connectivity index (χ1n) is 13.8. The van der Waals surface area contributed by atoms with Crippen LogP contribution in [0.2, 0.25) is 0 Å². The lowest BCUT2D eigenvalue weighted by Gasteiger charge is -2.13. The Bertz CT molecular complexity index is 1470. The van der Waals surface area contributed by atoms with E-state index in [9.17, 15) is 4.79 Å². The number of allylic oxidation sites excluding steroid dienone is 1. The van der Waals surface area contributed by atoms with Crippen LogP contribution in [0, 0.1) is 6.92 Å². The molecule has 3 aromatic heterocycles. The van der Waals surface area contributed by atoms with Crippen LogP contribution in [0.1, 0.15) is 66.3 Å². The summed E-state index contributed by atoms with van der Waals surface area (Å²) in [6.45, 7) is 5.42. The molecule has 0 saturated carbocycles. The molecule has 0 aliphatic heterocycles. The molecule has 202 valence electrons. The Morgan fingerprint density at radius 2 is 2.00 bits per heavy atom. The molecule has 6 nitrogen and oxygen atoms in total. The highest BCUT2D eigenvalue weighted by molar-refractivity contribution is 7.13. The number of amides is 1. The van der Waals surface area contributed by atoms with Crippen molar-refractivity contribution in [2.75, 3.05) is 13.7 Å². The van der Waals surface area contributed by atoms with Crippen LogP contribution < -0.4 is 10.1 Å². The number of ether oxygens (including phenoxy) is 1. The number of carbonyl (C=O) groups is 1. The van der Waals surface area contributed by atoms with Gasteiger partial charge in [-0.05, 0) is 81.3 Å². The molecular weight excluding hydrogens is 504 g/mol. The van der Waals surface area contributed by atoms with Crippen LogP contribution in [-0.4, -0.2) is 34.1 Å². The van der Waals surface area contributed by atoms with Gasteiger partial charge in [-0.2, -0.15) is 0 Å². The van der Waals surface area contributed by atoms with Crippen molar-refractivity contribution >= 4 is 17.2 Å². The molecule has 0 fully saturated rings. The van der Waals surface area contributed by atoms with Crippen molar-refractivity contribution in [1.29, 1.82) is 0 Å². The van der Waals surface area contributed by atoms with Crippen LogP contribution >= 0.6 is 11.3 Å². The Morgan fingerprint density at radius 1 is 1.15 bits per heavy atom. The minimum Gasteiger partial charge on any atom is -0.497 e. The van der Waals surface area contributed by atoms with E-state index in [1.807, 2.05) is 37.4 Å². The van der Waals surface area contributed by atoms with Crippen molar-refractivity contribution in [3.63, 3.8) is 0 Å². The third-order valence-corrected chi connectivity index (χ3v) is 8.31. The van der Waals surface area contributed by atoms with E-state index >= 15 is 0 Å².